The van der Waals surface area contributed by atoms with Crippen LogP contribution in [0.4, 0.5) is 0 Å². The van der Waals surface area contributed by atoms with Crippen molar-refractivity contribution in [3.63, 3.8) is 0 Å². The van der Waals surface area contributed by atoms with Crippen LogP contribution in [-0.4, -0.2) is 18.3 Å². The fraction of sp³-hybridized carbons (Fsp3) is 0.625. The number of hydrogen-bond donors (Lipinski definition) is 1. The van der Waals surface area contributed by atoms with Crippen LogP contribution < -0.4 is 5.32 Å². The van der Waals surface area contributed by atoms with Gasteiger partial charge in [0, 0.05) is 16.2 Å². The molecule has 1 aromatic rings. The van der Waals surface area contributed by atoms with Crippen LogP contribution in [0.5, 0.6) is 0 Å². The number of benzene rings is 1. The Morgan fingerprint density at radius 2 is 2.11 bits per heavy atom. The standard InChI is InChI=1S/C16H25NS/c1-12-6-5-7-13(10-12)18-15-11-16(2,3)9-8-14(15)17-4/h5-7,10,14-15,17H,8-9,11H2,1-4H3. The first-order chi connectivity index (χ1) is 8.50. The maximum Gasteiger partial charge on any atom is 0.0253 e. The highest BCUT2D eigenvalue weighted by Gasteiger charge is 2.34. The summed E-state index contributed by atoms with van der Waals surface area (Å²) in [7, 11) is 2.10. The molecule has 18 heavy (non-hydrogen) atoms. The van der Waals surface area contributed by atoms with Crippen LogP contribution in [0.15, 0.2) is 29.2 Å². The van der Waals surface area contributed by atoms with Gasteiger partial charge in [0.05, 0.1) is 0 Å². The average molecular weight is 263 g/mol. The Kier molecular flexibility index (Phi) is 4.39. The summed E-state index contributed by atoms with van der Waals surface area (Å²) in [5, 5.41) is 4.20. The molecule has 1 aliphatic carbocycles. The Morgan fingerprint density at radius 3 is 2.78 bits per heavy atom. The van der Waals surface area contributed by atoms with E-state index in [4.69, 9.17) is 0 Å². The number of nitrogens with one attached hydrogen (secondary N) is 1. The molecule has 1 aliphatic rings. The highest BCUT2D eigenvalue weighted by atomic mass is 32.2. The molecule has 0 radical (unpaired) electrons. The van der Waals surface area contributed by atoms with Gasteiger partial charge >= 0.3 is 0 Å². The van der Waals surface area contributed by atoms with Gasteiger partial charge in [-0.25, -0.2) is 0 Å². The summed E-state index contributed by atoms with van der Waals surface area (Å²) >= 11 is 2.05. The van der Waals surface area contributed by atoms with E-state index < -0.39 is 0 Å². The van der Waals surface area contributed by atoms with E-state index >= 15 is 0 Å². The Labute approximate surface area is 116 Å². The summed E-state index contributed by atoms with van der Waals surface area (Å²) in [6.45, 7) is 6.98. The van der Waals surface area contributed by atoms with Crippen LogP contribution in [-0.2, 0) is 0 Å². The quantitative estimate of drug-likeness (QED) is 0.875. The molecule has 0 aliphatic heterocycles. The minimum atomic E-state index is 0.495. The molecule has 0 amide bonds. The fourth-order valence-corrected chi connectivity index (χ4v) is 4.57. The molecule has 0 bridgehead atoms. The van der Waals surface area contributed by atoms with Crippen molar-refractivity contribution in [2.75, 3.05) is 7.05 Å². The minimum Gasteiger partial charge on any atom is -0.316 e. The van der Waals surface area contributed by atoms with E-state index in [2.05, 4.69) is 69.2 Å². The summed E-state index contributed by atoms with van der Waals surface area (Å²) in [4.78, 5) is 1.41. The zero-order chi connectivity index (χ0) is 13.2. The molecular weight excluding hydrogens is 238 g/mol. The summed E-state index contributed by atoms with van der Waals surface area (Å²) < 4.78 is 0. The highest BCUT2D eigenvalue weighted by molar-refractivity contribution is 8.00. The molecule has 1 N–H and O–H groups in total. The first kappa shape index (κ1) is 14.0. The lowest BCUT2D eigenvalue weighted by Crippen LogP contribution is -2.43. The lowest BCUT2D eigenvalue weighted by molar-refractivity contribution is 0.218. The van der Waals surface area contributed by atoms with Gasteiger partial charge < -0.3 is 5.32 Å². The molecule has 2 atom stereocenters. The van der Waals surface area contributed by atoms with Gasteiger partial charge in [0.15, 0.2) is 0 Å². The van der Waals surface area contributed by atoms with Crippen molar-refractivity contribution in [3.8, 4) is 0 Å². The molecule has 100 valence electrons. The molecule has 1 aromatic carbocycles. The number of thioether (sulfide) groups is 1. The second kappa shape index (κ2) is 5.66. The number of aryl methyl sites for hydroxylation is 1. The normalized spacial score (nSPS) is 27.1. The minimum absolute atomic E-state index is 0.495. The van der Waals surface area contributed by atoms with E-state index in [1.54, 1.807) is 0 Å². The van der Waals surface area contributed by atoms with E-state index in [1.165, 1.54) is 29.7 Å². The number of hydrogen-bond acceptors (Lipinski definition) is 2. The van der Waals surface area contributed by atoms with Crippen molar-refractivity contribution in [2.24, 2.45) is 5.41 Å². The van der Waals surface area contributed by atoms with Gasteiger partial charge in [0.25, 0.3) is 0 Å². The smallest absolute Gasteiger partial charge is 0.0253 e. The zero-order valence-electron chi connectivity index (χ0n) is 12.0. The van der Waals surface area contributed by atoms with Crippen LogP contribution >= 0.6 is 11.8 Å². The predicted octanol–water partition coefficient (Wildman–Crippen LogP) is 4.25. The molecular formula is C16H25NS. The Bertz CT molecular complexity index is 400. The molecule has 0 aromatic heterocycles. The largest absolute Gasteiger partial charge is 0.316 e. The van der Waals surface area contributed by atoms with Crippen molar-refractivity contribution >= 4 is 11.8 Å². The van der Waals surface area contributed by atoms with E-state index in [-0.39, 0.29) is 0 Å². The van der Waals surface area contributed by atoms with Crippen LogP contribution in [0.1, 0.15) is 38.7 Å². The fourth-order valence-electron chi connectivity index (χ4n) is 2.84. The van der Waals surface area contributed by atoms with E-state index in [9.17, 15) is 0 Å². The molecule has 1 saturated carbocycles. The van der Waals surface area contributed by atoms with Gasteiger partial charge in [-0.1, -0.05) is 31.5 Å². The van der Waals surface area contributed by atoms with Crippen molar-refractivity contribution in [3.05, 3.63) is 29.8 Å². The summed E-state index contributed by atoms with van der Waals surface area (Å²) in [5.41, 5.74) is 1.85. The van der Waals surface area contributed by atoms with E-state index in [0.717, 1.165) is 0 Å². The van der Waals surface area contributed by atoms with Gasteiger partial charge in [-0.05, 0) is 50.8 Å². The molecule has 1 fully saturated rings. The molecule has 2 rings (SSSR count). The first-order valence-corrected chi connectivity index (χ1v) is 7.79. The van der Waals surface area contributed by atoms with Crippen molar-refractivity contribution in [1.29, 1.82) is 0 Å². The third-order valence-electron chi connectivity index (χ3n) is 3.98. The van der Waals surface area contributed by atoms with Crippen molar-refractivity contribution in [1.82, 2.24) is 5.32 Å². The maximum absolute atomic E-state index is 3.51. The molecule has 0 saturated heterocycles. The second-order valence-corrected chi connectivity index (χ2v) is 7.59. The first-order valence-electron chi connectivity index (χ1n) is 6.91. The van der Waals surface area contributed by atoms with Crippen molar-refractivity contribution < 1.29 is 0 Å². The number of rotatable bonds is 3. The molecule has 2 heteroatoms. The SMILES string of the molecule is CNC1CCC(C)(C)CC1Sc1cccc(C)c1. The summed E-state index contributed by atoms with van der Waals surface area (Å²) in [5.74, 6) is 0. The van der Waals surface area contributed by atoms with Gasteiger partial charge in [0.1, 0.15) is 0 Å². The third-order valence-corrected chi connectivity index (χ3v) is 5.31. The maximum atomic E-state index is 3.51. The van der Waals surface area contributed by atoms with Crippen LogP contribution in [0.25, 0.3) is 0 Å². The summed E-state index contributed by atoms with van der Waals surface area (Å²) in [6, 6.07) is 9.54. The second-order valence-electron chi connectivity index (χ2n) is 6.27. The van der Waals surface area contributed by atoms with E-state index in [1.807, 2.05) is 0 Å². The summed E-state index contributed by atoms with van der Waals surface area (Å²) in [6.07, 6.45) is 3.94. The molecule has 0 spiro atoms. The Hall–Kier alpha value is -0.470. The van der Waals surface area contributed by atoms with Crippen LogP contribution in [0, 0.1) is 12.3 Å². The molecule has 0 heterocycles. The molecule has 2 unspecified atom stereocenters. The lowest BCUT2D eigenvalue weighted by Gasteiger charge is -2.40. The topological polar surface area (TPSA) is 12.0 Å². The van der Waals surface area contributed by atoms with Gasteiger partial charge in [0.2, 0.25) is 0 Å². The zero-order valence-corrected chi connectivity index (χ0v) is 12.8. The van der Waals surface area contributed by atoms with Gasteiger partial charge in [-0.15, -0.1) is 11.8 Å². The monoisotopic (exact) mass is 263 g/mol. The lowest BCUT2D eigenvalue weighted by atomic mass is 9.75. The van der Waals surface area contributed by atoms with E-state index in [0.29, 0.717) is 16.7 Å². The third kappa shape index (κ3) is 3.52. The average Bonchev–Trinajstić information content (AvgIpc) is 2.28. The van der Waals surface area contributed by atoms with Crippen molar-refractivity contribution in [2.45, 2.75) is 56.2 Å². The van der Waals surface area contributed by atoms with Crippen LogP contribution in [0.2, 0.25) is 0 Å². The molecule has 1 nitrogen and oxygen atoms in total. The Morgan fingerprint density at radius 1 is 1.33 bits per heavy atom. The van der Waals surface area contributed by atoms with Gasteiger partial charge in [-0.3, -0.25) is 0 Å². The van der Waals surface area contributed by atoms with Gasteiger partial charge in [-0.2, -0.15) is 0 Å². The predicted molar refractivity (Wildman–Crippen MR) is 81.3 cm³/mol. The highest BCUT2D eigenvalue weighted by Crippen LogP contribution is 2.42. The van der Waals surface area contributed by atoms with Crippen LogP contribution in [0.3, 0.4) is 0 Å². The Balaban J connectivity index is 2.09.